The molecule has 0 aliphatic rings. The lowest BCUT2D eigenvalue weighted by Crippen LogP contribution is -2.12. The summed E-state index contributed by atoms with van der Waals surface area (Å²) in [6.45, 7) is 0. The van der Waals surface area contributed by atoms with Gasteiger partial charge in [-0.25, -0.2) is 18.5 Å². The van der Waals surface area contributed by atoms with Crippen LogP contribution in [0.1, 0.15) is 0 Å². The maximum Gasteiger partial charge on any atom is 0.239 e. The Kier molecular flexibility index (Phi) is 3.61. The second-order valence-electron chi connectivity index (χ2n) is 3.79. The molecule has 0 bridgehead atoms. The van der Waals surface area contributed by atoms with Gasteiger partial charge in [0.25, 0.3) is 0 Å². The lowest BCUT2D eigenvalue weighted by molar-refractivity contribution is 0.597. The number of hydrogen-bond donors (Lipinski definition) is 3. The number of pyridine rings is 1. The third-order valence-corrected chi connectivity index (χ3v) is 3.55. The summed E-state index contributed by atoms with van der Waals surface area (Å²) in [5, 5.41) is 8.39. The van der Waals surface area contributed by atoms with Crippen LogP contribution in [-0.2, 0) is 10.0 Å². The van der Waals surface area contributed by atoms with Gasteiger partial charge in [-0.15, -0.1) is 0 Å². The molecule has 0 amide bonds. The zero-order valence-electron chi connectivity index (χ0n) is 9.67. The number of sulfonamides is 1. The lowest BCUT2D eigenvalue weighted by Gasteiger charge is -2.08. The number of benzene rings is 1. The highest BCUT2D eigenvalue weighted by Gasteiger charge is 2.08. The van der Waals surface area contributed by atoms with Gasteiger partial charge in [-0.1, -0.05) is 11.6 Å². The number of anilines is 3. The topological polar surface area (TPSA) is 111 Å². The second kappa shape index (κ2) is 5.04. The quantitative estimate of drug-likeness (QED) is 0.747. The standard InChI is InChI=1S/C11H11ClN4O2S/c12-9-3-1-7(13)5-10(9)16-11-4-2-8(6-15-11)19(14,17)18/h1-6H,13H2,(H,15,16)(H2,14,17,18). The van der Waals surface area contributed by atoms with E-state index in [9.17, 15) is 8.42 Å². The van der Waals surface area contributed by atoms with Gasteiger partial charge >= 0.3 is 0 Å². The Morgan fingerprint density at radius 2 is 1.95 bits per heavy atom. The first-order chi connectivity index (χ1) is 8.86. The molecule has 0 fully saturated rings. The SMILES string of the molecule is Nc1ccc(Cl)c(Nc2ccc(S(N)(=O)=O)cn2)c1. The van der Waals surface area contributed by atoms with Crippen LogP contribution in [0.5, 0.6) is 0 Å². The maximum atomic E-state index is 11.1. The van der Waals surface area contributed by atoms with Gasteiger partial charge in [-0.2, -0.15) is 0 Å². The monoisotopic (exact) mass is 298 g/mol. The number of rotatable bonds is 3. The molecule has 0 unspecified atom stereocenters. The molecule has 1 aromatic heterocycles. The molecule has 0 radical (unpaired) electrons. The molecule has 0 saturated heterocycles. The van der Waals surface area contributed by atoms with Crippen molar-refractivity contribution in [2.24, 2.45) is 5.14 Å². The minimum Gasteiger partial charge on any atom is -0.399 e. The number of aromatic nitrogens is 1. The van der Waals surface area contributed by atoms with Crippen LogP contribution in [-0.4, -0.2) is 13.4 Å². The molecular weight excluding hydrogens is 288 g/mol. The molecule has 5 N–H and O–H groups in total. The highest BCUT2D eigenvalue weighted by molar-refractivity contribution is 7.89. The first kappa shape index (κ1) is 13.6. The minimum absolute atomic E-state index is 0.0586. The van der Waals surface area contributed by atoms with Crippen molar-refractivity contribution < 1.29 is 8.42 Å². The molecule has 19 heavy (non-hydrogen) atoms. The van der Waals surface area contributed by atoms with Crippen LogP contribution >= 0.6 is 11.6 Å². The van der Waals surface area contributed by atoms with Crippen molar-refractivity contribution in [2.75, 3.05) is 11.1 Å². The summed E-state index contributed by atoms with van der Waals surface area (Å²) in [6, 6.07) is 7.81. The van der Waals surface area contributed by atoms with E-state index in [1.807, 2.05) is 0 Å². The first-order valence-corrected chi connectivity index (χ1v) is 7.09. The number of halogens is 1. The molecule has 2 aromatic rings. The van der Waals surface area contributed by atoms with Crippen LogP contribution in [0.4, 0.5) is 17.2 Å². The minimum atomic E-state index is -3.74. The lowest BCUT2D eigenvalue weighted by atomic mass is 10.3. The smallest absolute Gasteiger partial charge is 0.239 e. The Balaban J connectivity index is 2.27. The predicted octanol–water partition coefficient (Wildman–Crippen LogP) is 1.71. The third kappa shape index (κ3) is 3.34. The van der Waals surface area contributed by atoms with Crippen LogP contribution in [0.15, 0.2) is 41.4 Å². The van der Waals surface area contributed by atoms with E-state index >= 15 is 0 Å². The van der Waals surface area contributed by atoms with E-state index in [0.717, 1.165) is 6.20 Å². The highest BCUT2D eigenvalue weighted by Crippen LogP contribution is 2.26. The van der Waals surface area contributed by atoms with Crippen molar-refractivity contribution in [2.45, 2.75) is 4.90 Å². The van der Waals surface area contributed by atoms with E-state index in [4.69, 9.17) is 22.5 Å². The van der Waals surface area contributed by atoms with Gasteiger partial charge in [0, 0.05) is 11.9 Å². The van der Waals surface area contributed by atoms with Gasteiger partial charge < -0.3 is 11.1 Å². The summed E-state index contributed by atoms with van der Waals surface area (Å²) in [5.74, 6) is 0.430. The van der Waals surface area contributed by atoms with E-state index < -0.39 is 10.0 Å². The molecule has 100 valence electrons. The number of primary sulfonamides is 1. The molecule has 0 saturated carbocycles. The van der Waals surface area contributed by atoms with Crippen LogP contribution in [0.2, 0.25) is 5.02 Å². The molecular formula is C11H11ClN4O2S. The fourth-order valence-electron chi connectivity index (χ4n) is 1.40. The molecule has 2 rings (SSSR count). The normalized spacial score (nSPS) is 11.3. The first-order valence-electron chi connectivity index (χ1n) is 5.17. The Bertz CT molecular complexity index is 701. The van der Waals surface area contributed by atoms with Crippen LogP contribution < -0.4 is 16.2 Å². The summed E-state index contributed by atoms with van der Waals surface area (Å²) in [7, 11) is -3.74. The summed E-state index contributed by atoms with van der Waals surface area (Å²) < 4.78 is 22.2. The molecule has 0 spiro atoms. The van der Waals surface area contributed by atoms with Crippen LogP contribution in [0.3, 0.4) is 0 Å². The van der Waals surface area contributed by atoms with E-state index in [-0.39, 0.29) is 4.90 Å². The Hall–Kier alpha value is -1.83. The summed E-state index contributed by atoms with van der Waals surface area (Å²) >= 11 is 5.99. The van der Waals surface area contributed by atoms with Crippen molar-refractivity contribution in [1.29, 1.82) is 0 Å². The number of nitrogens with one attached hydrogen (secondary N) is 1. The molecule has 0 aliphatic carbocycles. The van der Waals surface area contributed by atoms with Gasteiger partial charge in [0.2, 0.25) is 10.0 Å². The second-order valence-corrected chi connectivity index (χ2v) is 5.76. The van der Waals surface area contributed by atoms with Gasteiger partial charge in [-0.3, -0.25) is 0 Å². The fourth-order valence-corrected chi connectivity index (χ4v) is 2.02. The van der Waals surface area contributed by atoms with E-state index in [0.29, 0.717) is 22.2 Å². The van der Waals surface area contributed by atoms with Crippen molar-refractivity contribution in [3.8, 4) is 0 Å². The van der Waals surface area contributed by atoms with Crippen molar-refractivity contribution in [3.63, 3.8) is 0 Å². The number of nitrogens with zero attached hydrogens (tertiary/aromatic N) is 1. The van der Waals surface area contributed by atoms with Crippen molar-refractivity contribution in [1.82, 2.24) is 4.98 Å². The average molecular weight is 299 g/mol. The molecule has 8 heteroatoms. The average Bonchev–Trinajstić information content (AvgIpc) is 2.33. The molecule has 6 nitrogen and oxygen atoms in total. The third-order valence-electron chi connectivity index (χ3n) is 2.32. The maximum absolute atomic E-state index is 11.1. The molecule has 0 aliphatic heterocycles. The van der Waals surface area contributed by atoms with Gasteiger partial charge in [-0.05, 0) is 30.3 Å². The zero-order valence-corrected chi connectivity index (χ0v) is 11.2. The van der Waals surface area contributed by atoms with E-state index in [1.165, 1.54) is 12.1 Å². The van der Waals surface area contributed by atoms with Gasteiger partial charge in [0.1, 0.15) is 10.7 Å². The number of hydrogen-bond acceptors (Lipinski definition) is 5. The number of nitrogen functional groups attached to an aromatic ring is 1. The predicted molar refractivity (Wildman–Crippen MR) is 74.8 cm³/mol. The zero-order chi connectivity index (χ0) is 14.0. The molecule has 0 atom stereocenters. The van der Waals surface area contributed by atoms with E-state index in [1.54, 1.807) is 18.2 Å². The molecule has 1 heterocycles. The Morgan fingerprint density at radius 3 is 2.53 bits per heavy atom. The van der Waals surface area contributed by atoms with Crippen molar-refractivity contribution in [3.05, 3.63) is 41.6 Å². The number of nitrogens with two attached hydrogens (primary N) is 2. The van der Waals surface area contributed by atoms with E-state index in [2.05, 4.69) is 10.3 Å². The van der Waals surface area contributed by atoms with Crippen LogP contribution in [0, 0.1) is 0 Å². The summed E-state index contributed by atoms with van der Waals surface area (Å²) in [6.07, 6.45) is 1.16. The Morgan fingerprint density at radius 1 is 1.21 bits per heavy atom. The highest BCUT2D eigenvalue weighted by atomic mass is 35.5. The van der Waals surface area contributed by atoms with Crippen molar-refractivity contribution >= 4 is 38.8 Å². The van der Waals surface area contributed by atoms with Gasteiger partial charge in [0.15, 0.2) is 0 Å². The summed E-state index contributed by atoms with van der Waals surface area (Å²) in [4.78, 5) is 3.88. The largest absolute Gasteiger partial charge is 0.399 e. The molecule has 1 aromatic carbocycles. The Labute approximate surface area is 115 Å². The fraction of sp³-hybridized carbons (Fsp3) is 0. The summed E-state index contributed by atoms with van der Waals surface area (Å²) in [5.41, 5.74) is 6.78. The van der Waals surface area contributed by atoms with Crippen LogP contribution in [0.25, 0.3) is 0 Å². The van der Waals surface area contributed by atoms with Gasteiger partial charge in [0.05, 0.1) is 10.7 Å².